The molecule has 0 radical (unpaired) electrons. The van der Waals surface area contributed by atoms with E-state index in [9.17, 15) is 4.79 Å². The topological polar surface area (TPSA) is 50.2 Å². The summed E-state index contributed by atoms with van der Waals surface area (Å²) in [6.45, 7) is 4.59. The van der Waals surface area contributed by atoms with Crippen molar-refractivity contribution in [3.8, 4) is 0 Å². The number of hydrogen-bond acceptors (Lipinski definition) is 3. The Kier molecular flexibility index (Phi) is 3.47. The van der Waals surface area contributed by atoms with Gasteiger partial charge in [0.2, 0.25) is 5.91 Å². The molecule has 1 amide bonds. The quantitative estimate of drug-likeness (QED) is 0.814. The zero-order valence-corrected chi connectivity index (χ0v) is 10.7. The van der Waals surface area contributed by atoms with Crippen molar-refractivity contribution in [3.63, 3.8) is 0 Å². The molecule has 1 unspecified atom stereocenters. The predicted octanol–water partition coefficient (Wildman–Crippen LogP) is 0.234. The normalized spacial score (nSPS) is 17.6. The van der Waals surface area contributed by atoms with Crippen molar-refractivity contribution in [3.05, 3.63) is 18.0 Å². The van der Waals surface area contributed by atoms with Gasteiger partial charge in [0.15, 0.2) is 0 Å². The average Bonchev–Trinajstić information content (AvgIpc) is 2.60. The first kappa shape index (κ1) is 12.1. The van der Waals surface area contributed by atoms with Crippen LogP contribution in [0.3, 0.4) is 0 Å². The zero-order chi connectivity index (χ0) is 12.4. The molecule has 1 atom stereocenters. The Morgan fingerprint density at radius 3 is 2.88 bits per heavy atom. The Bertz CT molecular complexity index is 397. The van der Waals surface area contributed by atoms with Crippen molar-refractivity contribution in [2.75, 3.05) is 20.1 Å². The summed E-state index contributed by atoms with van der Waals surface area (Å²) in [6, 6.07) is 0. The summed E-state index contributed by atoms with van der Waals surface area (Å²) in [5.74, 6) is 0.831. The maximum atomic E-state index is 12.2. The molecular weight excluding hydrogens is 216 g/mol. The van der Waals surface area contributed by atoms with Crippen LogP contribution in [0.1, 0.15) is 12.5 Å². The number of aromatic nitrogens is 2. The van der Waals surface area contributed by atoms with Crippen LogP contribution in [0.2, 0.25) is 0 Å². The smallest absolute Gasteiger partial charge is 0.225 e. The lowest BCUT2D eigenvalue weighted by Crippen LogP contribution is -2.49. The van der Waals surface area contributed by atoms with Crippen LogP contribution in [0.15, 0.2) is 12.4 Å². The lowest BCUT2D eigenvalue weighted by atomic mass is 9.88. The summed E-state index contributed by atoms with van der Waals surface area (Å²) in [6.07, 6.45) is 3.75. The van der Waals surface area contributed by atoms with Gasteiger partial charge in [-0.25, -0.2) is 0 Å². The number of hydrogen-bond donors (Lipinski definition) is 1. The lowest BCUT2D eigenvalue weighted by Gasteiger charge is -2.33. The van der Waals surface area contributed by atoms with E-state index in [0.29, 0.717) is 12.5 Å². The minimum atomic E-state index is 0.109. The molecule has 1 aliphatic heterocycles. The third kappa shape index (κ3) is 2.66. The van der Waals surface area contributed by atoms with E-state index in [0.717, 1.165) is 18.7 Å². The molecule has 0 bridgehead atoms. The van der Waals surface area contributed by atoms with Gasteiger partial charge in [0.1, 0.15) is 0 Å². The highest BCUT2D eigenvalue weighted by atomic mass is 16.2. The molecule has 1 aliphatic rings. The number of carbonyl (C=O) groups is 1. The van der Waals surface area contributed by atoms with E-state index in [2.05, 4.69) is 10.4 Å². The van der Waals surface area contributed by atoms with Gasteiger partial charge < -0.3 is 10.2 Å². The van der Waals surface area contributed by atoms with Gasteiger partial charge in [0.05, 0.1) is 6.20 Å². The Balaban J connectivity index is 1.90. The minimum Gasteiger partial charge on any atom is -0.341 e. The van der Waals surface area contributed by atoms with Crippen molar-refractivity contribution < 1.29 is 4.79 Å². The molecule has 94 valence electrons. The SMILES string of the molecule is CC(C(=O)N(C)Cc1cnn(C)c1)C1CNC1. The fourth-order valence-electron chi connectivity index (χ4n) is 2.12. The second-order valence-electron chi connectivity index (χ2n) is 4.92. The average molecular weight is 236 g/mol. The first-order valence-electron chi connectivity index (χ1n) is 6.01. The molecule has 1 saturated heterocycles. The molecule has 1 N–H and O–H groups in total. The van der Waals surface area contributed by atoms with Gasteiger partial charge in [-0.1, -0.05) is 6.92 Å². The second-order valence-corrected chi connectivity index (χ2v) is 4.92. The van der Waals surface area contributed by atoms with E-state index in [1.807, 2.05) is 27.2 Å². The first-order valence-corrected chi connectivity index (χ1v) is 6.01. The number of rotatable bonds is 4. The number of nitrogens with one attached hydrogen (secondary N) is 1. The molecule has 2 rings (SSSR count). The van der Waals surface area contributed by atoms with Gasteiger partial charge in [0.25, 0.3) is 0 Å². The molecule has 17 heavy (non-hydrogen) atoms. The van der Waals surface area contributed by atoms with Gasteiger partial charge in [-0.3, -0.25) is 9.48 Å². The number of nitrogens with zero attached hydrogens (tertiary/aromatic N) is 3. The van der Waals surface area contributed by atoms with Crippen LogP contribution < -0.4 is 5.32 Å². The largest absolute Gasteiger partial charge is 0.341 e. The summed E-state index contributed by atoms with van der Waals surface area (Å²) in [5.41, 5.74) is 1.07. The van der Waals surface area contributed by atoms with Crippen molar-refractivity contribution >= 4 is 5.91 Å². The van der Waals surface area contributed by atoms with Gasteiger partial charge >= 0.3 is 0 Å². The van der Waals surface area contributed by atoms with Crippen LogP contribution in [0, 0.1) is 11.8 Å². The number of carbonyl (C=O) groups excluding carboxylic acids is 1. The number of amides is 1. The molecule has 0 saturated carbocycles. The lowest BCUT2D eigenvalue weighted by molar-refractivity contribution is -0.136. The molecule has 0 spiro atoms. The first-order chi connectivity index (χ1) is 8.08. The summed E-state index contributed by atoms with van der Waals surface area (Å²) in [7, 11) is 3.74. The molecule has 0 aromatic carbocycles. The van der Waals surface area contributed by atoms with E-state index < -0.39 is 0 Å². The molecular formula is C12H20N4O. The fourth-order valence-corrected chi connectivity index (χ4v) is 2.12. The van der Waals surface area contributed by atoms with Crippen LogP contribution in [0.4, 0.5) is 0 Å². The van der Waals surface area contributed by atoms with Crippen LogP contribution >= 0.6 is 0 Å². The molecule has 1 aromatic heterocycles. The maximum absolute atomic E-state index is 12.2. The van der Waals surface area contributed by atoms with Crippen LogP contribution in [0.5, 0.6) is 0 Å². The Hall–Kier alpha value is -1.36. The van der Waals surface area contributed by atoms with Crippen molar-refractivity contribution in [2.24, 2.45) is 18.9 Å². The summed E-state index contributed by atoms with van der Waals surface area (Å²) >= 11 is 0. The van der Waals surface area contributed by atoms with E-state index >= 15 is 0 Å². The molecule has 1 fully saturated rings. The van der Waals surface area contributed by atoms with Gasteiger partial charge in [0, 0.05) is 38.3 Å². The Morgan fingerprint density at radius 1 is 1.71 bits per heavy atom. The monoisotopic (exact) mass is 236 g/mol. The highest BCUT2D eigenvalue weighted by Crippen LogP contribution is 2.18. The molecule has 0 aliphatic carbocycles. The third-order valence-corrected chi connectivity index (χ3v) is 3.46. The third-order valence-electron chi connectivity index (χ3n) is 3.46. The van der Waals surface area contributed by atoms with Crippen molar-refractivity contribution in [2.45, 2.75) is 13.5 Å². The predicted molar refractivity (Wildman–Crippen MR) is 65.2 cm³/mol. The summed E-state index contributed by atoms with van der Waals surface area (Å²) < 4.78 is 1.76. The van der Waals surface area contributed by atoms with Crippen LogP contribution in [-0.2, 0) is 18.4 Å². The number of aryl methyl sites for hydroxylation is 1. The standard InChI is InChI=1S/C12H20N4O/c1-9(11-5-13-6-11)12(17)15(2)7-10-4-14-16(3)8-10/h4,8-9,11,13H,5-7H2,1-3H3. The maximum Gasteiger partial charge on any atom is 0.225 e. The molecule has 5 nitrogen and oxygen atoms in total. The summed E-state index contributed by atoms with van der Waals surface area (Å²) in [4.78, 5) is 14.0. The minimum absolute atomic E-state index is 0.109. The Labute approximate surface area is 102 Å². The molecule has 5 heteroatoms. The summed E-state index contributed by atoms with van der Waals surface area (Å²) in [5, 5.41) is 7.31. The van der Waals surface area contributed by atoms with E-state index in [4.69, 9.17) is 0 Å². The van der Waals surface area contributed by atoms with E-state index in [-0.39, 0.29) is 11.8 Å². The van der Waals surface area contributed by atoms with Gasteiger partial charge in [-0.15, -0.1) is 0 Å². The molecule has 2 heterocycles. The fraction of sp³-hybridized carbons (Fsp3) is 0.667. The Morgan fingerprint density at radius 2 is 2.41 bits per heavy atom. The van der Waals surface area contributed by atoms with Gasteiger partial charge in [-0.2, -0.15) is 5.10 Å². The van der Waals surface area contributed by atoms with Crippen LogP contribution in [0.25, 0.3) is 0 Å². The second kappa shape index (κ2) is 4.87. The highest BCUT2D eigenvalue weighted by Gasteiger charge is 2.30. The van der Waals surface area contributed by atoms with Crippen molar-refractivity contribution in [1.29, 1.82) is 0 Å². The van der Waals surface area contributed by atoms with Gasteiger partial charge in [-0.05, 0) is 19.0 Å². The van der Waals surface area contributed by atoms with Crippen molar-refractivity contribution in [1.82, 2.24) is 20.0 Å². The van der Waals surface area contributed by atoms with Crippen LogP contribution in [-0.4, -0.2) is 40.7 Å². The molecule has 1 aromatic rings. The van der Waals surface area contributed by atoms with E-state index in [1.165, 1.54) is 0 Å². The highest BCUT2D eigenvalue weighted by molar-refractivity contribution is 5.78. The van der Waals surface area contributed by atoms with E-state index in [1.54, 1.807) is 15.8 Å². The zero-order valence-electron chi connectivity index (χ0n) is 10.7.